The zero-order valence-electron chi connectivity index (χ0n) is 22.4. The van der Waals surface area contributed by atoms with Crippen LogP contribution in [0.15, 0.2) is 54.9 Å². The summed E-state index contributed by atoms with van der Waals surface area (Å²) in [5.74, 6) is -2.35. The molecule has 0 unspecified atom stereocenters. The molecule has 3 amide bonds. The van der Waals surface area contributed by atoms with E-state index < -0.39 is 41.8 Å². The lowest BCUT2D eigenvalue weighted by Crippen LogP contribution is -2.55. The summed E-state index contributed by atoms with van der Waals surface area (Å²) in [4.78, 5) is 56.9. The predicted molar refractivity (Wildman–Crippen MR) is 149 cm³/mol. The van der Waals surface area contributed by atoms with E-state index in [0.29, 0.717) is 24.9 Å². The van der Waals surface area contributed by atoms with Crippen LogP contribution in [0, 0.1) is 5.92 Å². The van der Waals surface area contributed by atoms with Gasteiger partial charge < -0.3 is 30.8 Å². The number of aromatic nitrogens is 2. The summed E-state index contributed by atoms with van der Waals surface area (Å²) in [6.45, 7) is 3.92. The lowest BCUT2D eigenvalue weighted by atomic mass is 10.0. The smallest absolute Gasteiger partial charge is 0.334 e. The summed E-state index contributed by atoms with van der Waals surface area (Å²) in [6, 6.07) is 10.3. The number of para-hydroxylation sites is 1. The minimum atomic E-state index is -1.12. The Morgan fingerprint density at radius 3 is 2.65 bits per heavy atom. The van der Waals surface area contributed by atoms with Gasteiger partial charge in [-0.25, -0.2) is 9.78 Å². The van der Waals surface area contributed by atoms with Gasteiger partial charge in [-0.3, -0.25) is 14.4 Å². The minimum Gasteiger partial charge on any atom is -0.423 e. The molecule has 5 rings (SSSR count). The molecule has 208 valence electrons. The highest BCUT2D eigenvalue weighted by Gasteiger charge is 2.38. The normalized spacial score (nSPS) is 16.9. The highest BCUT2D eigenvalue weighted by atomic mass is 16.5. The van der Waals surface area contributed by atoms with E-state index >= 15 is 0 Å². The Labute approximate surface area is 230 Å². The van der Waals surface area contributed by atoms with Crippen LogP contribution >= 0.6 is 0 Å². The molecule has 4 aromatic rings. The second kappa shape index (κ2) is 10.9. The van der Waals surface area contributed by atoms with Crippen molar-refractivity contribution in [2.45, 2.75) is 51.2 Å². The van der Waals surface area contributed by atoms with Crippen LogP contribution < -0.4 is 21.5 Å². The van der Waals surface area contributed by atoms with Crippen LogP contribution in [-0.4, -0.2) is 62.6 Å². The maximum Gasteiger partial charge on any atom is 0.334 e. The molecule has 11 nitrogen and oxygen atoms in total. The molecule has 3 aromatic heterocycles. The average Bonchev–Trinajstić information content (AvgIpc) is 3.54. The zero-order chi connectivity index (χ0) is 28.6. The predicted octanol–water partition coefficient (Wildman–Crippen LogP) is 1.88. The number of likely N-dealkylation sites (tertiary alicyclic amines) is 1. The molecule has 4 heterocycles. The number of nitrogens with zero attached hydrogens (tertiary/aromatic N) is 3. The topological polar surface area (TPSA) is 162 Å². The number of carbonyl (C=O) groups excluding carboxylic acids is 4. The molecule has 0 aliphatic carbocycles. The molecule has 0 radical (unpaired) electrons. The van der Waals surface area contributed by atoms with Gasteiger partial charge in [-0.2, -0.15) is 0 Å². The van der Waals surface area contributed by atoms with E-state index in [0.717, 1.165) is 21.8 Å². The Hall–Kier alpha value is -4.51. The summed E-state index contributed by atoms with van der Waals surface area (Å²) in [6.07, 6.45) is 4.64. The molecule has 40 heavy (non-hydrogen) atoms. The number of ether oxygens (including phenoxy) is 1. The van der Waals surface area contributed by atoms with E-state index in [2.05, 4.69) is 5.32 Å². The number of carbonyl (C=O) groups is 4. The Bertz CT molecular complexity index is 1630. The monoisotopic (exact) mass is 544 g/mol. The quantitative estimate of drug-likeness (QED) is 0.225. The first-order valence-corrected chi connectivity index (χ1v) is 13.3. The average molecular weight is 545 g/mol. The van der Waals surface area contributed by atoms with Crippen LogP contribution in [0.3, 0.4) is 0 Å². The molecule has 1 aliphatic rings. The molecule has 0 spiro atoms. The first-order chi connectivity index (χ1) is 19.1. The largest absolute Gasteiger partial charge is 0.423 e. The van der Waals surface area contributed by atoms with Gasteiger partial charge in [0, 0.05) is 29.7 Å². The van der Waals surface area contributed by atoms with Crippen molar-refractivity contribution >= 4 is 51.0 Å². The van der Waals surface area contributed by atoms with Gasteiger partial charge in [0.25, 0.3) is 0 Å². The number of pyridine rings is 2. The lowest BCUT2D eigenvalue weighted by Gasteiger charge is -2.28. The molecule has 1 aromatic carbocycles. The van der Waals surface area contributed by atoms with E-state index in [1.54, 1.807) is 26.0 Å². The van der Waals surface area contributed by atoms with Crippen LogP contribution in [0.2, 0.25) is 0 Å². The molecular formula is C29H32N6O5. The Morgan fingerprint density at radius 2 is 1.90 bits per heavy atom. The molecule has 0 saturated carbocycles. The first kappa shape index (κ1) is 27.1. The van der Waals surface area contributed by atoms with Crippen molar-refractivity contribution in [3.8, 4) is 5.75 Å². The van der Waals surface area contributed by atoms with Crippen molar-refractivity contribution < 1.29 is 23.9 Å². The van der Waals surface area contributed by atoms with Crippen LogP contribution in [0.25, 0.3) is 27.3 Å². The van der Waals surface area contributed by atoms with Crippen molar-refractivity contribution in [2.75, 3.05) is 6.54 Å². The molecular weight excluding hydrogens is 512 g/mol. The van der Waals surface area contributed by atoms with Crippen molar-refractivity contribution in [3.05, 3.63) is 54.9 Å². The van der Waals surface area contributed by atoms with Crippen LogP contribution in [0.1, 0.15) is 33.1 Å². The third-order valence-electron chi connectivity index (χ3n) is 7.25. The molecule has 1 aliphatic heterocycles. The maximum atomic E-state index is 13.4. The molecule has 3 atom stereocenters. The number of nitrogens with two attached hydrogens (primary N) is 2. The number of hydrogen-bond donors (Lipinski definition) is 3. The molecule has 11 heteroatoms. The van der Waals surface area contributed by atoms with Crippen LogP contribution in [0.5, 0.6) is 5.75 Å². The van der Waals surface area contributed by atoms with Crippen molar-refractivity contribution in [1.29, 1.82) is 0 Å². The van der Waals surface area contributed by atoms with Crippen LogP contribution in [0.4, 0.5) is 0 Å². The van der Waals surface area contributed by atoms with Gasteiger partial charge in [-0.1, -0.05) is 32.0 Å². The van der Waals surface area contributed by atoms with E-state index in [4.69, 9.17) is 21.2 Å². The number of hydrogen-bond acceptors (Lipinski definition) is 7. The highest BCUT2D eigenvalue weighted by molar-refractivity contribution is 6.03. The fraction of sp³-hybridized carbons (Fsp3) is 0.345. The third kappa shape index (κ3) is 5.20. The molecule has 1 saturated heterocycles. The summed E-state index contributed by atoms with van der Waals surface area (Å²) in [5.41, 5.74) is 13.3. The van der Waals surface area contributed by atoms with Crippen LogP contribution in [-0.2, 0) is 19.2 Å². The van der Waals surface area contributed by atoms with Gasteiger partial charge >= 0.3 is 5.97 Å². The van der Waals surface area contributed by atoms with E-state index in [-0.39, 0.29) is 18.1 Å². The number of nitrogens with one attached hydrogen (secondary N) is 1. The van der Waals surface area contributed by atoms with E-state index in [1.165, 1.54) is 4.90 Å². The summed E-state index contributed by atoms with van der Waals surface area (Å²) < 4.78 is 7.82. The van der Waals surface area contributed by atoms with Gasteiger partial charge in [-0.05, 0) is 43.0 Å². The van der Waals surface area contributed by atoms with Gasteiger partial charge in [0.15, 0.2) is 5.75 Å². The second-order valence-corrected chi connectivity index (χ2v) is 10.5. The molecule has 0 bridgehead atoms. The van der Waals surface area contributed by atoms with Crippen molar-refractivity contribution in [2.24, 2.45) is 17.4 Å². The SMILES string of the molecule is CC(C)[C@H](NC(=O)[C@@H]1CCCN1C(=O)[C@@H](N)CC(N)=O)C(=O)Oc1cccc2cc3cn4ccccc4c3nc12. The Morgan fingerprint density at radius 1 is 1.10 bits per heavy atom. The highest BCUT2D eigenvalue weighted by Crippen LogP contribution is 2.30. The summed E-state index contributed by atoms with van der Waals surface area (Å²) in [7, 11) is 0. The molecule has 1 fully saturated rings. The van der Waals surface area contributed by atoms with Gasteiger partial charge in [-0.15, -0.1) is 0 Å². The van der Waals surface area contributed by atoms with E-state index in [9.17, 15) is 19.2 Å². The number of benzene rings is 1. The van der Waals surface area contributed by atoms with Crippen molar-refractivity contribution in [3.63, 3.8) is 0 Å². The number of amides is 3. The van der Waals surface area contributed by atoms with Crippen molar-refractivity contribution in [1.82, 2.24) is 19.6 Å². The standard InChI is InChI=1S/C29H32N6O5/c1-16(2)24(33-27(37)21-9-6-12-35(21)28(38)19(30)14-23(31)36)29(39)40-22-10-5-7-17-13-18-15-34-11-4-3-8-20(34)25(18)32-26(17)22/h3-5,7-8,10-11,13,15-16,19,21,24H,6,9,12,14,30H2,1-2H3,(H2,31,36)(H,33,37)/t19-,21-,24-/m0/s1. The Kier molecular flexibility index (Phi) is 7.40. The van der Waals surface area contributed by atoms with Gasteiger partial charge in [0.05, 0.1) is 23.5 Å². The van der Waals surface area contributed by atoms with E-state index in [1.807, 2.05) is 47.1 Å². The minimum absolute atomic E-state index is 0.287. The first-order valence-electron chi connectivity index (χ1n) is 13.3. The number of fused-ring (bicyclic) bond motifs is 4. The zero-order valence-corrected chi connectivity index (χ0v) is 22.4. The number of primary amides is 1. The fourth-order valence-electron chi connectivity index (χ4n) is 5.23. The Balaban J connectivity index is 1.36. The summed E-state index contributed by atoms with van der Waals surface area (Å²) >= 11 is 0. The third-order valence-corrected chi connectivity index (χ3v) is 7.25. The van der Waals surface area contributed by atoms with Gasteiger partial charge in [0.1, 0.15) is 17.6 Å². The van der Waals surface area contributed by atoms with Gasteiger partial charge in [0.2, 0.25) is 17.7 Å². The fourth-order valence-corrected chi connectivity index (χ4v) is 5.23. The number of rotatable bonds is 8. The summed E-state index contributed by atoms with van der Waals surface area (Å²) in [5, 5.41) is 4.55. The lowest BCUT2D eigenvalue weighted by molar-refractivity contribution is -0.144. The molecule has 5 N–H and O–H groups in total. The maximum absolute atomic E-state index is 13.4. The second-order valence-electron chi connectivity index (χ2n) is 10.5. The number of esters is 1.